The SMILES string of the molecule is COc1cccc(C(=O)N(CCN2CCOCC2)c2nc3ccc(C)cc3s2)c1. The summed E-state index contributed by atoms with van der Waals surface area (Å²) in [6.07, 6.45) is 0. The van der Waals surface area contributed by atoms with Crippen molar-refractivity contribution in [2.24, 2.45) is 0 Å². The van der Waals surface area contributed by atoms with Crippen molar-refractivity contribution in [1.29, 1.82) is 0 Å². The monoisotopic (exact) mass is 411 g/mol. The zero-order valence-corrected chi connectivity index (χ0v) is 17.6. The fraction of sp³-hybridized carbons (Fsp3) is 0.364. The van der Waals surface area contributed by atoms with Gasteiger partial charge in [-0.3, -0.25) is 14.6 Å². The van der Waals surface area contributed by atoms with E-state index in [0.717, 1.165) is 48.2 Å². The highest BCUT2D eigenvalue weighted by molar-refractivity contribution is 7.22. The Morgan fingerprint density at radius 3 is 2.86 bits per heavy atom. The minimum atomic E-state index is -0.0621. The second-order valence-electron chi connectivity index (χ2n) is 7.11. The Bertz CT molecular complexity index is 998. The predicted molar refractivity (Wildman–Crippen MR) is 116 cm³/mol. The summed E-state index contributed by atoms with van der Waals surface area (Å²) >= 11 is 1.56. The molecule has 1 aliphatic heterocycles. The maximum Gasteiger partial charge on any atom is 0.260 e. The van der Waals surface area contributed by atoms with E-state index in [1.54, 1.807) is 29.4 Å². The Hall–Kier alpha value is -2.48. The standard InChI is InChI=1S/C22H25N3O3S/c1-16-6-7-19-20(14-16)29-22(23-19)25(9-8-24-10-12-28-13-11-24)21(26)17-4-3-5-18(15-17)27-2/h3-7,14-15H,8-13H2,1-2H3. The third kappa shape index (κ3) is 4.58. The number of rotatable bonds is 6. The average Bonchev–Trinajstić information content (AvgIpc) is 3.17. The maximum atomic E-state index is 13.4. The lowest BCUT2D eigenvalue weighted by Gasteiger charge is -2.29. The number of amides is 1. The minimum absolute atomic E-state index is 0.0621. The molecule has 0 spiro atoms. The van der Waals surface area contributed by atoms with Crippen LogP contribution in [0.1, 0.15) is 15.9 Å². The number of thiazole rings is 1. The lowest BCUT2D eigenvalue weighted by Crippen LogP contribution is -2.43. The normalized spacial score (nSPS) is 14.8. The molecule has 0 N–H and O–H groups in total. The van der Waals surface area contributed by atoms with Crippen LogP contribution in [-0.4, -0.2) is 62.3 Å². The summed E-state index contributed by atoms with van der Waals surface area (Å²) in [5.41, 5.74) is 2.71. The first-order chi connectivity index (χ1) is 14.1. The van der Waals surface area contributed by atoms with E-state index < -0.39 is 0 Å². The van der Waals surface area contributed by atoms with E-state index in [1.807, 2.05) is 30.3 Å². The molecule has 1 aliphatic rings. The van der Waals surface area contributed by atoms with Crippen molar-refractivity contribution in [2.75, 3.05) is 51.4 Å². The van der Waals surface area contributed by atoms with Gasteiger partial charge in [0.15, 0.2) is 5.13 Å². The van der Waals surface area contributed by atoms with Crippen LogP contribution < -0.4 is 9.64 Å². The number of hydrogen-bond donors (Lipinski definition) is 0. The van der Waals surface area contributed by atoms with Crippen molar-refractivity contribution < 1.29 is 14.3 Å². The number of ether oxygens (including phenoxy) is 2. The van der Waals surface area contributed by atoms with E-state index in [4.69, 9.17) is 14.5 Å². The van der Waals surface area contributed by atoms with Crippen molar-refractivity contribution in [3.05, 3.63) is 53.6 Å². The molecular formula is C22H25N3O3S. The molecule has 2 aromatic carbocycles. The summed E-state index contributed by atoms with van der Waals surface area (Å²) in [5.74, 6) is 0.608. The number of nitrogens with zero attached hydrogens (tertiary/aromatic N) is 3. The quantitative estimate of drug-likeness (QED) is 0.620. The van der Waals surface area contributed by atoms with Gasteiger partial charge in [0.25, 0.3) is 5.91 Å². The van der Waals surface area contributed by atoms with E-state index in [-0.39, 0.29) is 5.91 Å². The summed E-state index contributed by atoms with van der Waals surface area (Å²) in [6.45, 7) is 6.69. The first-order valence-electron chi connectivity index (χ1n) is 9.77. The summed E-state index contributed by atoms with van der Waals surface area (Å²) in [6, 6.07) is 13.5. The van der Waals surface area contributed by atoms with Crippen molar-refractivity contribution in [3.8, 4) is 5.75 Å². The van der Waals surface area contributed by atoms with Gasteiger partial charge in [0, 0.05) is 31.7 Å². The van der Waals surface area contributed by atoms with Crippen LogP contribution in [-0.2, 0) is 4.74 Å². The number of aromatic nitrogens is 1. The Labute approximate surface area is 174 Å². The first kappa shape index (κ1) is 19.8. The smallest absolute Gasteiger partial charge is 0.260 e. The van der Waals surface area contributed by atoms with E-state index in [0.29, 0.717) is 17.9 Å². The van der Waals surface area contributed by atoms with Gasteiger partial charge in [-0.2, -0.15) is 0 Å². The molecule has 1 aromatic heterocycles. The molecule has 0 radical (unpaired) electrons. The van der Waals surface area contributed by atoms with Crippen LogP contribution in [0.25, 0.3) is 10.2 Å². The Balaban J connectivity index is 1.64. The highest BCUT2D eigenvalue weighted by atomic mass is 32.1. The number of anilines is 1. The molecule has 4 rings (SSSR count). The van der Waals surface area contributed by atoms with Crippen molar-refractivity contribution in [1.82, 2.24) is 9.88 Å². The maximum absolute atomic E-state index is 13.4. The first-order valence-corrected chi connectivity index (χ1v) is 10.6. The van der Waals surface area contributed by atoms with Crippen LogP contribution in [0.2, 0.25) is 0 Å². The molecular weight excluding hydrogens is 386 g/mol. The van der Waals surface area contributed by atoms with Crippen LogP contribution in [0.4, 0.5) is 5.13 Å². The van der Waals surface area contributed by atoms with Crippen LogP contribution in [0.15, 0.2) is 42.5 Å². The number of aryl methyl sites for hydroxylation is 1. The molecule has 1 saturated heterocycles. The topological polar surface area (TPSA) is 54.9 Å². The second-order valence-corrected chi connectivity index (χ2v) is 8.12. The lowest BCUT2D eigenvalue weighted by molar-refractivity contribution is 0.0391. The van der Waals surface area contributed by atoms with Crippen molar-refractivity contribution >= 4 is 32.6 Å². The van der Waals surface area contributed by atoms with Gasteiger partial charge < -0.3 is 9.47 Å². The van der Waals surface area contributed by atoms with Gasteiger partial charge in [-0.05, 0) is 42.8 Å². The molecule has 1 fully saturated rings. The second kappa shape index (κ2) is 8.90. The molecule has 0 bridgehead atoms. The molecule has 1 amide bonds. The average molecular weight is 412 g/mol. The van der Waals surface area contributed by atoms with Gasteiger partial charge in [-0.25, -0.2) is 4.98 Å². The zero-order valence-electron chi connectivity index (χ0n) is 16.8. The Kier molecular flexibility index (Phi) is 6.08. The molecule has 0 aliphatic carbocycles. The van der Waals surface area contributed by atoms with Gasteiger partial charge in [0.2, 0.25) is 0 Å². The number of hydrogen-bond acceptors (Lipinski definition) is 6. The molecule has 29 heavy (non-hydrogen) atoms. The molecule has 152 valence electrons. The summed E-state index contributed by atoms with van der Waals surface area (Å²) < 4.78 is 11.8. The summed E-state index contributed by atoms with van der Waals surface area (Å²) in [4.78, 5) is 22.3. The van der Waals surface area contributed by atoms with Gasteiger partial charge >= 0.3 is 0 Å². The predicted octanol–water partition coefficient (Wildman–Crippen LogP) is 3.59. The van der Waals surface area contributed by atoms with E-state index >= 15 is 0 Å². The zero-order chi connectivity index (χ0) is 20.2. The number of morpholine rings is 1. The van der Waals surface area contributed by atoms with Crippen LogP contribution in [0.3, 0.4) is 0 Å². The van der Waals surface area contributed by atoms with Gasteiger partial charge in [-0.1, -0.05) is 23.5 Å². The minimum Gasteiger partial charge on any atom is -0.497 e. The van der Waals surface area contributed by atoms with Gasteiger partial charge in [0.1, 0.15) is 5.75 Å². The van der Waals surface area contributed by atoms with Crippen LogP contribution in [0.5, 0.6) is 5.75 Å². The van der Waals surface area contributed by atoms with E-state index in [1.165, 1.54) is 5.56 Å². The molecule has 3 aromatic rings. The van der Waals surface area contributed by atoms with Crippen LogP contribution in [0, 0.1) is 6.92 Å². The fourth-order valence-electron chi connectivity index (χ4n) is 3.40. The van der Waals surface area contributed by atoms with E-state index in [9.17, 15) is 4.79 Å². The Morgan fingerprint density at radius 2 is 2.07 bits per heavy atom. The van der Waals surface area contributed by atoms with Gasteiger partial charge in [-0.15, -0.1) is 0 Å². The number of methoxy groups -OCH3 is 1. The molecule has 2 heterocycles. The highest BCUT2D eigenvalue weighted by Crippen LogP contribution is 2.30. The highest BCUT2D eigenvalue weighted by Gasteiger charge is 2.23. The largest absolute Gasteiger partial charge is 0.497 e. The number of fused-ring (bicyclic) bond motifs is 1. The summed E-state index contributed by atoms with van der Waals surface area (Å²) in [5, 5.41) is 0.728. The van der Waals surface area contributed by atoms with Crippen molar-refractivity contribution in [3.63, 3.8) is 0 Å². The number of carbonyl (C=O) groups is 1. The molecule has 6 nitrogen and oxygen atoms in total. The molecule has 0 saturated carbocycles. The third-order valence-electron chi connectivity index (χ3n) is 5.07. The molecule has 7 heteroatoms. The third-order valence-corrected chi connectivity index (χ3v) is 6.11. The number of benzene rings is 2. The van der Waals surface area contributed by atoms with Crippen molar-refractivity contribution in [2.45, 2.75) is 6.92 Å². The van der Waals surface area contributed by atoms with Crippen LogP contribution >= 0.6 is 11.3 Å². The van der Waals surface area contributed by atoms with E-state index in [2.05, 4.69) is 17.9 Å². The van der Waals surface area contributed by atoms with Gasteiger partial charge in [0.05, 0.1) is 30.5 Å². The number of carbonyl (C=O) groups excluding carboxylic acids is 1. The Morgan fingerprint density at radius 1 is 1.24 bits per heavy atom. The lowest BCUT2D eigenvalue weighted by atomic mass is 10.2. The molecule has 0 atom stereocenters. The summed E-state index contributed by atoms with van der Waals surface area (Å²) in [7, 11) is 1.61. The fourth-order valence-corrected chi connectivity index (χ4v) is 4.49. The molecule has 0 unspecified atom stereocenters.